The van der Waals surface area contributed by atoms with Gasteiger partial charge in [0.05, 0.1) is 5.54 Å². The average Bonchev–Trinajstić information content (AvgIpc) is 3.16. The predicted molar refractivity (Wildman–Crippen MR) is 117 cm³/mol. The number of para-hydroxylation sites is 1. The number of piperidine rings is 1. The highest BCUT2D eigenvalue weighted by molar-refractivity contribution is 6.27. The Morgan fingerprint density at radius 3 is 2.48 bits per heavy atom. The maximum Gasteiger partial charge on any atom is 0.238 e. The second-order valence-electron chi connectivity index (χ2n) is 8.25. The number of aromatic amines is 1. The summed E-state index contributed by atoms with van der Waals surface area (Å²) in [7, 11) is 0. The van der Waals surface area contributed by atoms with Crippen molar-refractivity contribution >= 4 is 28.4 Å². The Balaban J connectivity index is 1.48. The molecule has 150 valence electrons. The van der Waals surface area contributed by atoms with Gasteiger partial charge in [-0.15, -0.1) is 11.6 Å². The molecular weight excluding hydrogens is 382 g/mol. The van der Waals surface area contributed by atoms with Gasteiger partial charge in [0.25, 0.3) is 0 Å². The number of hydrogen-bond donors (Lipinski definition) is 1. The third kappa shape index (κ3) is 3.15. The fourth-order valence-electron chi connectivity index (χ4n) is 5.31. The summed E-state index contributed by atoms with van der Waals surface area (Å²) in [5.74, 6) is 0.0953. The van der Waals surface area contributed by atoms with Crippen LogP contribution in [0.2, 0.25) is 0 Å². The molecule has 2 aromatic carbocycles. The lowest BCUT2D eigenvalue weighted by Gasteiger charge is -2.51. The van der Waals surface area contributed by atoms with E-state index < -0.39 is 0 Å². The van der Waals surface area contributed by atoms with Crippen LogP contribution in [-0.2, 0) is 23.3 Å². The van der Waals surface area contributed by atoms with E-state index in [4.69, 9.17) is 11.6 Å². The van der Waals surface area contributed by atoms with E-state index >= 15 is 0 Å². The minimum atomic E-state index is -0.272. The summed E-state index contributed by atoms with van der Waals surface area (Å²) < 4.78 is 0. The van der Waals surface area contributed by atoms with Crippen molar-refractivity contribution in [3.63, 3.8) is 0 Å². The van der Waals surface area contributed by atoms with Crippen molar-refractivity contribution < 1.29 is 4.79 Å². The van der Waals surface area contributed by atoms with Crippen molar-refractivity contribution in [3.05, 3.63) is 71.4 Å². The first-order valence-electron chi connectivity index (χ1n) is 10.4. The van der Waals surface area contributed by atoms with Gasteiger partial charge in [-0.25, -0.2) is 0 Å². The number of rotatable bonds is 3. The van der Waals surface area contributed by atoms with Crippen LogP contribution in [0.3, 0.4) is 0 Å². The first kappa shape index (κ1) is 18.7. The molecular formula is C24H26ClN3O. The molecule has 5 rings (SSSR count). The lowest BCUT2D eigenvalue weighted by Crippen LogP contribution is -2.58. The maximum absolute atomic E-state index is 12.8. The number of aromatic nitrogens is 1. The number of halogens is 1. The van der Waals surface area contributed by atoms with Gasteiger partial charge in [-0.1, -0.05) is 48.5 Å². The van der Waals surface area contributed by atoms with E-state index in [-0.39, 0.29) is 17.3 Å². The van der Waals surface area contributed by atoms with Crippen molar-refractivity contribution in [3.8, 4) is 0 Å². The van der Waals surface area contributed by atoms with Gasteiger partial charge >= 0.3 is 0 Å². The molecule has 1 saturated heterocycles. The van der Waals surface area contributed by atoms with Crippen LogP contribution in [0.1, 0.15) is 29.7 Å². The topological polar surface area (TPSA) is 39.3 Å². The Labute approximate surface area is 176 Å². The van der Waals surface area contributed by atoms with Crippen LogP contribution >= 0.6 is 11.6 Å². The Hall–Kier alpha value is -2.30. The van der Waals surface area contributed by atoms with E-state index in [0.717, 1.165) is 45.4 Å². The molecule has 0 radical (unpaired) electrons. The van der Waals surface area contributed by atoms with Crippen molar-refractivity contribution in [2.75, 3.05) is 25.5 Å². The summed E-state index contributed by atoms with van der Waals surface area (Å²) in [4.78, 5) is 21.1. The molecule has 1 fully saturated rings. The number of alkyl halides is 1. The van der Waals surface area contributed by atoms with E-state index in [2.05, 4.69) is 69.4 Å². The monoisotopic (exact) mass is 407 g/mol. The summed E-state index contributed by atoms with van der Waals surface area (Å²) in [6.45, 7) is 3.64. The summed E-state index contributed by atoms with van der Waals surface area (Å²) in [5, 5.41) is 1.30. The van der Waals surface area contributed by atoms with Gasteiger partial charge in [-0.2, -0.15) is 0 Å². The molecule has 29 heavy (non-hydrogen) atoms. The minimum absolute atomic E-state index is 0.0467. The molecule has 1 spiro atoms. The van der Waals surface area contributed by atoms with Crippen molar-refractivity contribution in [1.29, 1.82) is 0 Å². The van der Waals surface area contributed by atoms with Gasteiger partial charge < -0.3 is 9.88 Å². The number of amides is 1. The number of carbonyl (C=O) groups is 1. The third-order valence-corrected chi connectivity index (χ3v) is 6.96. The van der Waals surface area contributed by atoms with Gasteiger partial charge in [0.2, 0.25) is 5.91 Å². The van der Waals surface area contributed by atoms with Crippen molar-refractivity contribution in [2.24, 2.45) is 0 Å². The highest BCUT2D eigenvalue weighted by atomic mass is 35.5. The number of H-pyrrole nitrogens is 1. The standard InChI is InChI=1S/C24H26ClN3O/c25-16-22(29)28-13-10-20-19-8-4-5-9-21(19)26-23(20)24(28)11-14-27(15-12-24)17-18-6-2-1-3-7-18/h1-9,26H,10-17H2. The SMILES string of the molecule is O=C(CCl)N1CCc2c([nH]c3ccccc23)C12CCN(Cc1ccccc1)CC2. The lowest BCUT2D eigenvalue weighted by molar-refractivity contribution is -0.139. The molecule has 2 aliphatic heterocycles. The van der Waals surface area contributed by atoms with E-state index in [1.807, 2.05) is 0 Å². The number of carbonyl (C=O) groups excluding carboxylic acids is 1. The van der Waals surface area contributed by atoms with Gasteiger partial charge in [0.1, 0.15) is 5.88 Å². The number of nitrogens with zero attached hydrogens (tertiary/aromatic N) is 2. The van der Waals surface area contributed by atoms with Crippen LogP contribution in [0.5, 0.6) is 0 Å². The molecule has 2 aliphatic rings. The molecule has 1 N–H and O–H groups in total. The zero-order valence-corrected chi connectivity index (χ0v) is 17.3. The summed E-state index contributed by atoms with van der Waals surface area (Å²) in [6, 6.07) is 19.1. The number of fused-ring (bicyclic) bond motifs is 4. The Bertz CT molecular complexity index is 1020. The van der Waals surface area contributed by atoms with Gasteiger partial charge in [0, 0.05) is 42.8 Å². The number of benzene rings is 2. The zero-order valence-electron chi connectivity index (χ0n) is 16.5. The van der Waals surface area contributed by atoms with Crippen LogP contribution < -0.4 is 0 Å². The minimum Gasteiger partial charge on any atom is -0.356 e. The highest BCUT2D eigenvalue weighted by Crippen LogP contribution is 2.45. The predicted octanol–water partition coefficient (Wildman–Crippen LogP) is 4.28. The van der Waals surface area contributed by atoms with E-state index in [9.17, 15) is 4.79 Å². The molecule has 1 amide bonds. The second-order valence-corrected chi connectivity index (χ2v) is 8.51. The van der Waals surface area contributed by atoms with E-state index in [1.165, 1.54) is 27.7 Å². The largest absolute Gasteiger partial charge is 0.356 e. The maximum atomic E-state index is 12.8. The summed E-state index contributed by atoms with van der Waals surface area (Å²) in [6.07, 6.45) is 2.75. The average molecular weight is 408 g/mol. The Morgan fingerprint density at radius 1 is 1.00 bits per heavy atom. The first-order chi connectivity index (χ1) is 14.2. The normalized spacial score (nSPS) is 18.9. The quantitative estimate of drug-likeness (QED) is 0.658. The first-order valence-corrected chi connectivity index (χ1v) is 11.0. The molecule has 4 nitrogen and oxygen atoms in total. The molecule has 0 aliphatic carbocycles. The third-order valence-electron chi connectivity index (χ3n) is 6.73. The smallest absolute Gasteiger partial charge is 0.238 e. The van der Waals surface area contributed by atoms with Gasteiger partial charge in [0.15, 0.2) is 0 Å². The highest BCUT2D eigenvalue weighted by Gasteiger charge is 2.48. The second kappa shape index (κ2) is 7.51. The zero-order chi connectivity index (χ0) is 19.8. The molecule has 3 aromatic rings. The van der Waals surface area contributed by atoms with Crippen LogP contribution in [0, 0.1) is 0 Å². The van der Waals surface area contributed by atoms with E-state index in [1.54, 1.807) is 0 Å². The number of hydrogen-bond acceptors (Lipinski definition) is 2. The molecule has 5 heteroatoms. The molecule has 1 aromatic heterocycles. The molecule has 0 unspecified atom stereocenters. The molecule has 0 saturated carbocycles. The fraction of sp³-hybridized carbons (Fsp3) is 0.375. The fourth-order valence-corrected chi connectivity index (χ4v) is 5.45. The molecule has 0 atom stereocenters. The van der Waals surface area contributed by atoms with Gasteiger partial charge in [-0.05, 0) is 36.5 Å². The van der Waals surface area contributed by atoms with Crippen LogP contribution in [0.25, 0.3) is 10.9 Å². The van der Waals surface area contributed by atoms with Crippen LogP contribution in [-0.4, -0.2) is 46.2 Å². The van der Waals surface area contributed by atoms with Crippen LogP contribution in [0.4, 0.5) is 0 Å². The molecule has 3 heterocycles. The number of likely N-dealkylation sites (tertiary alicyclic amines) is 1. The Morgan fingerprint density at radius 2 is 1.72 bits per heavy atom. The lowest BCUT2D eigenvalue weighted by atomic mass is 9.77. The van der Waals surface area contributed by atoms with Crippen molar-refractivity contribution in [1.82, 2.24) is 14.8 Å². The van der Waals surface area contributed by atoms with Crippen molar-refractivity contribution in [2.45, 2.75) is 31.3 Å². The molecule has 0 bridgehead atoms. The van der Waals surface area contributed by atoms with E-state index in [0.29, 0.717) is 0 Å². The number of nitrogens with one attached hydrogen (secondary N) is 1. The summed E-state index contributed by atoms with van der Waals surface area (Å²) >= 11 is 6.02. The van der Waals surface area contributed by atoms with Crippen LogP contribution in [0.15, 0.2) is 54.6 Å². The summed E-state index contributed by atoms with van der Waals surface area (Å²) in [5.41, 5.74) is 4.86. The van der Waals surface area contributed by atoms with Gasteiger partial charge in [-0.3, -0.25) is 9.69 Å². The Kier molecular flexibility index (Phi) is 4.84.